The van der Waals surface area contributed by atoms with E-state index in [1.54, 1.807) is 19.5 Å². The van der Waals surface area contributed by atoms with Gasteiger partial charge in [-0.1, -0.05) is 0 Å². The summed E-state index contributed by atoms with van der Waals surface area (Å²) in [5.74, 6) is 0.352. The predicted octanol–water partition coefficient (Wildman–Crippen LogP) is -0.358. The maximum absolute atomic E-state index is 11.4. The van der Waals surface area contributed by atoms with E-state index in [1.165, 1.54) is 0 Å². The fourth-order valence-corrected chi connectivity index (χ4v) is 1.49. The lowest BCUT2D eigenvalue weighted by Crippen LogP contribution is -2.46. The van der Waals surface area contributed by atoms with Crippen LogP contribution in [0.4, 0.5) is 0 Å². The Hall–Kier alpha value is -1.36. The summed E-state index contributed by atoms with van der Waals surface area (Å²) in [4.78, 5) is 15.3. The minimum absolute atomic E-state index is 0.0548. The molecule has 13 heavy (non-hydrogen) atoms. The standard InChI is InChI=1S/C8H11N3O2/c1-13-5-6-4-11-3-2-9-7(11)8(12)10-6/h2-3,6H,4-5H2,1H3,(H,10,12)/t6-/m0/s1. The van der Waals surface area contributed by atoms with Gasteiger partial charge in [0.1, 0.15) is 0 Å². The van der Waals surface area contributed by atoms with Crippen LogP contribution in [0.3, 0.4) is 0 Å². The van der Waals surface area contributed by atoms with Crippen molar-refractivity contribution in [3.8, 4) is 0 Å². The van der Waals surface area contributed by atoms with E-state index in [4.69, 9.17) is 4.74 Å². The van der Waals surface area contributed by atoms with Gasteiger partial charge in [0.25, 0.3) is 5.91 Å². The second kappa shape index (κ2) is 3.18. The molecule has 5 nitrogen and oxygen atoms in total. The Kier molecular flexibility index (Phi) is 2.02. The van der Waals surface area contributed by atoms with Crippen molar-refractivity contribution in [2.45, 2.75) is 12.6 Å². The molecule has 2 heterocycles. The third-order valence-corrected chi connectivity index (χ3v) is 2.04. The van der Waals surface area contributed by atoms with Gasteiger partial charge in [-0.15, -0.1) is 0 Å². The van der Waals surface area contributed by atoms with Crippen molar-refractivity contribution in [2.24, 2.45) is 0 Å². The Bertz CT molecular complexity index is 321. The molecule has 0 unspecified atom stereocenters. The molecule has 0 saturated carbocycles. The number of rotatable bonds is 2. The highest BCUT2D eigenvalue weighted by Gasteiger charge is 2.24. The summed E-state index contributed by atoms with van der Waals surface area (Å²) in [6, 6.07) is 0.0548. The van der Waals surface area contributed by atoms with E-state index in [-0.39, 0.29) is 11.9 Å². The van der Waals surface area contributed by atoms with Crippen molar-refractivity contribution < 1.29 is 9.53 Å². The van der Waals surface area contributed by atoms with Crippen molar-refractivity contribution in [3.05, 3.63) is 18.2 Å². The lowest BCUT2D eigenvalue weighted by Gasteiger charge is -2.23. The molecular weight excluding hydrogens is 170 g/mol. The van der Waals surface area contributed by atoms with Crippen LogP contribution in [0.2, 0.25) is 0 Å². The largest absolute Gasteiger partial charge is 0.382 e. The van der Waals surface area contributed by atoms with Crippen LogP contribution in [-0.4, -0.2) is 35.2 Å². The zero-order valence-corrected chi connectivity index (χ0v) is 7.36. The topological polar surface area (TPSA) is 56.2 Å². The molecule has 0 spiro atoms. The van der Waals surface area contributed by atoms with Crippen molar-refractivity contribution >= 4 is 5.91 Å². The van der Waals surface area contributed by atoms with Gasteiger partial charge in [-0.2, -0.15) is 0 Å². The van der Waals surface area contributed by atoms with Crippen LogP contribution in [0.25, 0.3) is 0 Å². The van der Waals surface area contributed by atoms with Gasteiger partial charge in [-0.25, -0.2) is 4.98 Å². The van der Waals surface area contributed by atoms with Crippen LogP contribution in [-0.2, 0) is 11.3 Å². The Morgan fingerprint density at radius 2 is 2.69 bits per heavy atom. The van der Waals surface area contributed by atoms with Crippen LogP contribution < -0.4 is 5.32 Å². The first-order chi connectivity index (χ1) is 6.31. The number of amides is 1. The predicted molar refractivity (Wildman–Crippen MR) is 45.4 cm³/mol. The first-order valence-corrected chi connectivity index (χ1v) is 4.12. The van der Waals surface area contributed by atoms with Gasteiger partial charge in [0.2, 0.25) is 0 Å². The number of aromatic nitrogens is 2. The van der Waals surface area contributed by atoms with Crippen LogP contribution in [0.5, 0.6) is 0 Å². The molecule has 0 bridgehead atoms. The van der Waals surface area contributed by atoms with Gasteiger partial charge in [0.15, 0.2) is 5.82 Å². The Balaban J connectivity index is 2.19. The number of imidazole rings is 1. The van der Waals surface area contributed by atoms with E-state index in [9.17, 15) is 4.79 Å². The maximum atomic E-state index is 11.4. The maximum Gasteiger partial charge on any atom is 0.287 e. The van der Waals surface area contributed by atoms with Gasteiger partial charge < -0.3 is 14.6 Å². The molecule has 0 radical (unpaired) electrons. The van der Waals surface area contributed by atoms with Gasteiger partial charge in [0, 0.05) is 26.0 Å². The van der Waals surface area contributed by atoms with E-state index < -0.39 is 0 Å². The third kappa shape index (κ3) is 1.42. The summed E-state index contributed by atoms with van der Waals surface area (Å²) in [7, 11) is 1.62. The summed E-state index contributed by atoms with van der Waals surface area (Å²) in [5.41, 5.74) is 0. The molecule has 5 heteroatoms. The fourth-order valence-electron chi connectivity index (χ4n) is 1.49. The quantitative estimate of drug-likeness (QED) is 0.678. The average molecular weight is 181 g/mol. The molecule has 0 saturated heterocycles. The molecule has 70 valence electrons. The smallest absolute Gasteiger partial charge is 0.287 e. The lowest BCUT2D eigenvalue weighted by molar-refractivity contribution is 0.0833. The highest BCUT2D eigenvalue weighted by molar-refractivity contribution is 5.91. The number of carbonyl (C=O) groups excluding carboxylic acids is 1. The number of carbonyl (C=O) groups is 1. The SMILES string of the molecule is COC[C@@H]1Cn2ccnc2C(=O)N1. The summed E-state index contributed by atoms with van der Waals surface area (Å²) < 4.78 is 6.81. The molecule has 1 aromatic rings. The summed E-state index contributed by atoms with van der Waals surface area (Å²) in [5, 5.41) is 2.81. The van der Waals surface area contributed by atoms with E-state index in [2.05, 4.69) is 10.3 Å². The number of nitrogens with zero attached hydrogens (tertiary/aromatic N) is 2. The van der Waals surface area contributed by atoms with Gasteiger partial charge in [-0.3, -0.25) is 4.79 Å². The molecule has 0 aromatic carbocycles. The third-order valence-electron chi connectivity index (χ3n) is 2.04. The van der Waals surface area contributed by atoms with Crippen LogP contribution in [0, 0.1) is 0 Å². The highest BCUT2D eigenvalue weighted by atomic mass is 16.5. The fraction of sp³-hybridized carbons (Fsp3) is 0.500. The molecule has 1 N–H and O–H groups in total. The number of hydrogen-bond acceptors (Lipinski definition) is 3. The number of nitrogens with one attached hydrogen (secondary N) is 1. The number of hydrogen-bond donors (Lipinski definition) is 1. The van der Waals surface area contributed by atoms with E-state index >= 15 is 0 Å². The molecule has 0 fully saturated rings. The minimum Gasteiger partial charge on any atom is -0.382 e. The number of methoxy groups -OCH3 is 1. The van der Waals surface area contributed by atoms with Crippen molar-refractivity contribution in [1.29, 1.82) is 0 Å². The van der Waals surface area contributed by atoms with Gasteiger partial charge in [0.05, 0.1) is 12.6 Å². The van der Waals surface area contributed by atoms with Crippen molar-refractivity contribution in [2.75, 3.05) is 13.7 Å². The first-order valence-electron chi connectivity index (χ1n) is 4.12. The highest BCUT2D eigenvalue weighted by Crippen LogP contribution is 2.06. The second-order valence-electron chi connectivity index (χ2n) is 3.03. The monoisotopic (exact) mass is 181 g/mol. The molecule has 1 aliphatic rings. The summed E-state index contributed by atoms with van der Waals surface area (Å²) in [6.07, 6.45) is 3.43. The van der Waals surface area contributed by atoms with E-state index in [0.717, 1.165) is 6.54 Å². The number of fused-ring (bicyclic) bond motifs is 1. The molecule has 0 aliphatic carbocycles. The molecule has 2 rings (SSSR count). The molecular formula is C8H11N3O2. The number of ether oxygens (including phenoxy) is 1. The molecule has 1 amide bonds. The lowest BCUT2D eigenvalue weighted by atomic mass is 10.2. The second-order valence-corrected chi connectivity index (χ2v) is 3.03. The van der Waals surface area contributed by atoms with Crippen LogP contribution in [0.15, 0.2) is 12.4 Å². The Morgan fingerprint density at radius 3 is 3.46 bits per heavy atom. The van der Waals surface area contributed by atoms with Crippen LogP contribution in [0.1, 0.15) is 10.6 Å². The van der Waals surface area contributed by atoms with E-state index in [1.807, 2.05) is 4.57 Å². The minimum atomic E-state index is -0.127. The summed E-state index contributed by atoms with van der Waals surface area (Å²) >= 11 is 0. The van der Waals surface area contributed by atoms with E-state index in [0.29, 0.717) is 12.4 Å². The van der Waals surface area contributed by atoms with Gasteiger partial charge >= 0.3 is 0 Å². The zero-order chi connectivity index (χ0) is 9.26. The van der Waals surface area contributed by atoms with Crippen LogP contribution >= 0.6 is 0 Å². The Labute approximate surface area is 75.7 Å². The normalized spacial score (nSPS) is 21.0. The molecule has 1 atom stereocenters. The Morgan fingerprint density at radius 1 is 1.85 bits per heavy atom. The molecule has 1 aliphatic heterocycles. The van der Waals surface area contributed by atoms with Crippen molar-refractivity contribution in [3.63, 3.8) is 0 Å². The van der Waals surface area contributed by atoms with Crippen molar-refractivity contribution in [1.82, 2.24) is 14.9 Å². The van der Waals surface area contributed by atoms with Gasteiger partial charge in [-0.05, 0) is 0 Å². The average Bonchev–Trinajstić information content (AvgIpc) is 2.53. The summed E-state index contributed by atoms with van der Waals surface area (Å²) in [6.45, 7) is 1.26. The molecule has 1 aromatic heterocycles. The first kappa shape index (κ1) is 8.25. The zero-order valence-electron chi connectivity index (χ0n) is 7.36.